The van der Waals surface area contributed by atoms with Gasteiger partial charge in [-0.25, -0.2) is 4.79 Å². The van der Waals surface area contributed by atoms with Gasteiger partial charge in [-0.1, -0.05) is 13.3 Å². The summed E-state index contributed by atoms with van der Waals surface area (Å²) in [6.45, 7) is 5.86. The maximum Gasteiger partial charge on any atom is 0.409 e. The van der Waals surface area contributed by atoms with Crippen molar-refractivity contribution in [2.75, 3.05) is 26.2 Å². The van der Waals surface area contributed by atoms with E-state index in [1.807, 2.05) is 6.92 Å². The summed E-state index contributed by atoms with van der Waals surface area (Å²) < 4.78 is 4.99. The molecule has 8 nitrogen and oxygen atoms in total. The Labute approximate surface area is 159 Å². The summed E-state index contributed by atoms with van der Waals surface area (Å²) in [7, 11) is 0. The number of hydrogen-bond acceptors (Lipinski definition) is 5. The second-order valence-corrected chi connectivity index (χ2v) is 6.47. The fraction of sp³-hybridized carbons (Fsp3) is 0.579. The second-order valence-electron chi connectivity index (χ2n) is 6.47. The number of aromatic nitrogens is 1. The highest BCUT2D eigenvalue weighted by Gasteiger charge is 2.25. The van der Waals surface area contributed by atoms with Crippen molar-refractivity contribution in [3.05, 3.63) is 29.6 Å². The van der Waals surface area contributed by atoms with Gasteiger partial charge in [0.15, 0.2) is 0 Å². The molecule has 2 rings (SSSR count). The third-order valence-corrected chi connectivity index (χ3v) is 4.43. The Balaban J connectivity index is 1.87. The molecular weight excluding hydrogens is 348 g/mol. The summed E-state index contributed by atoms with van der Waals surface area (Å²) in [6.07, 6.45) is 4.38. The minimum absolute atomic E-state index is 0.0156. The van der Waals surface area contributed by atoms with Crippen LogP contribution in [0, 0.1) is 0 Å². The normalized spacial score (nSPS) is 14.5. The van der Waals surface area contributed by atoms with E-state index in [0.717, 1.165) is 12.8 Å². The Hall–Kier alpha value is -2.64. The van der Waals surface area contributed by atoms with Crippen molar-refractivity contribution in [2.45, 2.75) is 45.6 Å². The van der Waals surface area contributed by atoms with Crippen molar-refractivity contribution < 1.29 is 19.1 Å². The van der Waals surface area contributed by atoms with Gasteiger partial charge in [0.1, 0.15) is 5.69 Å². The second kappa shape index (κ2) is 10.5. The number of hydrogen-bond donors (Lipinski definition) is 2. The molecule has 1 fully saturated rings. The Morgan fingerprint density at radius 3 is 2.63 bits per heavy atom. The first-order chi connectivity index (χ1) is 13.0. The molecule has 1 saturated heterocycles. The Bertz CT molecular complexity index is 657. The van der Waals surface area contributed by atoms with Gasteiger partial charge in [0.05, 0.1) is 6.61 Å². The van der Waals surface area contributed by atoms with Crippen LogP contribution in [0.3, 0.4) is 0 Å². The predicted octanol–water partition coefficient (Wildman–Crippen LogP) is 1.96. The lowest BCUT2D eigenvalue weighted by Crippen LogP contribution is -2.46. The molecule has 2 N–H and O–H groups in total. The number of carbonyl (C=O) groups is 3. The largest absolute Gasteiger partial charge is 0.450 e. The molecule has 0 aromatic carbocycles. The van der Waals surface area contributed by atoms with Crippen LogP contribution < -0.4 is 10.6 Å². The number of nitrogens with one attached hydrogen (secondary N) is 2. The highest BCUT2D eigenvalue weighted by atomic mass is 16.6. The van der Waals surface area contributed by atoms with E-state index in [2.05, 4.69) is 15.6 Å². The molecule has 0 unspecified atom stereocenters. The topological polar surface area (TPSA) is 101 Å². The van der Waals surface area contributed by atoms with Crippen molar-refractivity contribution in [1.82, 2.24) is 20.5 Å². The maximum absolute atomic E-state index is 12.5. The predicted molar refractivity (Wildman–Crippen MR) is 101 cm³/mol. The van der Waals surface area contributed by atoms with Gasteiger partial charge in [-0.15, -0.1) is 0 Å². The first-order valence-corrected chi connectivity index (χ1v) is 9.52. The number of carbonyl (C=O) groups excluding carboxylic acids is 3. The van der Waals surface area contributed by atoms with E-state index in [0.29, 0.717) is 44.6 Å². The van der Waals surface area contributed by atoms with Crippen molar-refractivity contribution >= 4 is 17.9 Å². The van der Waals surface area contributed by atoms with Gasteiger partial charge in [0.25, 0.3) is 11.8 Å². The SMILES string of the molecule is CCCCNC(=O)c1cc(C(=O)NC2CCN(C(=O)OCC)CC2)ccn1. The molecule has 1 aromatic heterocycles. The van der Waals surface area contributed by atoms with Crippen LogP contribution in [0.25, 0.3) is 0 Å². The van der Waals surface area contributed by atoms with Crippen LogP contribution in [0.15, 0.2) is 18.3 Å². The third kappa shape index (κ3) is 6.23. The molecule has 1 aromatic rings. The average Bonchev–Trinajstić information content (AvgIpc) is 2.69. The van der Waals surface area contributed by atoms with Crippen molar-refractivity contribution in [2.24, 2.45) is 0 Å². The van der Waals surface area contributed by atoms with E-state index in [1.165, 1.54) is 12.3 Å². The van der Waals surface area contributed by atoms with E-state index >= 15 is 0 Å². The molecule has 0 aliphatic carbocycles. The summed E-state index contributed by atoms with van der Waals surface area (Å²) in [5, 5.41) is 5.76. The van der Waals surface area contributed by atoms with Gasteiger partial charge in [0, 0.05) is 37.4 Å². The van der Waals surface area contributed by atoms with E-state index in [9.17, 15) is 14.4 Å². The molecular formula is C19H28N4O4. The van der Waals surface area contributed by atoms with Gasteiger partial charge in [-0.05, 0) is 38.3 Å². The minimum atomic E-state index is -0.310. The zero-order valence-electron chi connectivity index (χ0n) is 16.0. The van der Waals surface area contributed by atoms with Crippen molar-refractivity contribution in [3.8, 4) is 0 Å². The fourth-order valence-corrected chi connectivity index (χ4v) is 2.86. The number of unbranched alkanes of at least 4 members (excludes halogenated alkanes) is 1. The number of amides is 3. The molecule has 148 valence electrons. The first-order valence-electron chi connectivity index (χ1n) is 9.52. The molecule has 0 bridgehead atoms. The zero-order valence-corrected chi connectivity index (χ0v) is 16.0. The van der Waals surface area contributed by atoms with E-state index in [1.54, 1.807) is 17.9 Å². The lowest BCUT2D eigenvalue weighted by atomic mass is 10.0. The number of likely N-dealkylation sites (tertiary alicyclic amines) is 1. The van der Waals surface area contributed by atoms with Crippen molar-refractivity contribution in [3.63, 3.8) is 0 Å². The highest BCUT2D eigenvalue weighted by molar-refractivity contribution is 5.98. The van der Waals surface area contributed by atoms with Crippen LogP contribution in [0.5, 0.6) is 0 Å². The Morgan fingerprint density at radius 1 is 1.22 bits per heavy atom. The van der Waals surface area contributed by atoms with Crippen LogP contribution in [0.2, 0.25) is 0 Å². The number of pyridine rings is 1. The molecule has 0 atom stereocenters. The van der Waals surface area contributed by atoms with Gasteiger partial charge < -0.3 is 20.3 Å². The van der Waals surface area contributed by atoms with Gasteiger partial charge >= 0.3 is 6.09 Å². The molecule has 8 heteroatoms. The number of ether oxygens (including phenoxy) is 1. The summed E-state index contributed by atoms with van der Waals surface area (Å²) >= 11 is 0. The molecule has 3 amide bonds. The number of rotatable bonds is 7. The van der Waals surface area contributed by atoms with Gasteiger partial charge in [-0.3, -0.25) is 14.6 Å². The highest BCUT2D eigenvalue weighted by Crippen LogP contribution is 2.13. The van der Waals surface area contributed by atoms with Crippen LogP contribution in [-0.4, -0.2) is 60.1 Å². The number of nitrogens with zero attached hydrogens (tertiary/aromatic N) is 2. The Kier molecular flexibility index (Phi) is 8.03. The lowest BCUT2D eigenvalue weighted by Gasteiger charge is -2.31. The molecule has 2 heterocycles. The standard InChI is InChI=1S/C19H28N4O4/c1-3-5-9-21-18(25)16-13-14(6-10-20-16)17(24)22-15-7-11-23(12-8-15)19(26)27-4-2/h6,10,13,15H,3-5,7-9,11-12H2,1-2H3,(H,21,25)(H,22,24). The van der Waals surface area contributed by atoms with Crippen LogP contribution in [-0.2, 0) is 4.74 Å². The van der Waals surface area contributed by atoms with Crippen LogP contribution >= 0.6 is 0 Å². The number of piperidine rings is 1. The fourth-order valence-electron chi connectivity index (χ4n) is 2.86. The maximum atomic E-state index is 12.5. The van der Waals surface area contributed by atoms with Crippen LogP contribution in [0.4, 0.5) is 4.79 Å². The zero-order chi connectivity index (χ0) is 19.6. The molecule has 0 radical (unpaired) electrons. The minimum Gasteiger partial charge on any atom is -0.450 e. The van der Waals surface area contributed by atoms with Gasteiger partial charge in [0.2, 0.25) is 0 Å². The van der Waals surface area contributed by atoms with Crippen LogP contribution in [0.1, 0.15) is 60.4 Å². The van der Waals surface area contributed by atoms with E-state index in [4.69, 9.17) is 4.74 Å². The molecule has 1 aliphatic rings. The van der Waals surface area contributed by atoms with E-state index in [-0.39, 0.29) is 29.6 Å². The smallest absolute Gasteiger partial charge is 0.409 e. The summed E-state index contributed by atoms with van der Waals surface area (Å²) in [5.41, 5.74) is 0.634. The Morgan fingerprint density at radius 2 is 1.96 bits per heavy atom. The molecule has 0 spiro atoms. The third-order valence-electron chi connectivity index (χ3n) is 4.43. The van der Waals surface area contributed by atoms with Gasteiger partial charge in [-0.2, -0.15) is 0 Å². The average molecular weight is 376 g/mol. The quantitative estimate of drug-likeness (QED) is 0.709. The lowest BCUT2D eigenvalue weighted by molar-refractivity contribution is 0.0859. The van der Waals surface area contributed by atoms with E-state index < -0.39 is 0 Å². The molecule has 27 heavy (non-hydrogen) atoms. The summed E-state index contributed by atoms with van der Waals surface area (Å²) in [4.78, 5) is 42.0. The first kappa shape index (κ1) is 20.7. The van der Waals surface area contributed by atoms with Crippen molar-refractivity contribution in [1.29, 1.82) is 0 Å². The summed E-state index contributed by atoms with van der Waals surface area (Å²) in [6, 6.07) is 3.08. The molecule has 1 aliphatic heterocycles. The molecule has 0 saturated carbocycles. The summed E-state index contributed by atoms with van der Waals surface area (Å²) in [5.74, 6) is -0.518. The monoisotopic (exact) mass is 376 g/mol.